The van der Waals surface area contributed by atoms with Crippen LogP contribution in [-0.4, -0.2) is 118 Å². The van der Waals surface area contributed by atoms with Crippen LogP contribution in [0, 0.1) is 46.3 Å². The predicted molar refractivity (Wildman–Crippen MR) is 208 cm³/mol. The van der Waals surface area contributed by atoms with Crippen molar-refractivity contribution in [2.75, 3.05) is 32.2 Å². The predicted octanol–water partition coefficient (Wildman–Crippen LogP) is 3.51. The quantitative estimate of drug-likeness (QED) is 0.189. The first-order valence-electron chi connectivity index (χ1n) is 22.3. The van der Waals surface area contributed by atoms with Crippen molar-refractivity contribution in [3.63, 3.8) is 0 Å². The Morgan fingerprint density at radius 2 is 1.78 bits per heavy atom. The number of rotatable bonds is 6. The van der Waals surface area contributed by atoms with Crippen molar-refractivity contribution in [3.8, 4) is 0 Å². The van der Waals surface area contributed by atoms with Crippen LogP contribution in [0.25, 0.3) is 0 Å². The minimum Gasteiger partial charge on any atom is -0.468 e. The Kier molecular flexibility index (Phi) is 7.90. The van der Waals surface area contributed by atoms with Gasteiger partial charge in [-0.15, -0.1) is 0 Å². The largest absolute Gasteiger partial charge is 0.468 e. The fourth-order valence-electron chi connectivity index (χ4n) is 17.9. The van der Waals surface area contributed by atoms with Crippen LogP contribution in [0.4, 0.5) is 5.69 Å². The average molecular weight is 802 g/mol. The number of hydrogen-bond donors (Lipinski definition) is 4. The summed E-state index contributed by atoms with van der Waals surface area (Å²) in [4.78, 5) is 43.2. The molecule has 58 heavy (non-hydrogen) atoms. The molecule has 0 amide bonds. The number of carbonyl (C=O) groups is 3. The van der Waals surface area contributed by atoms with Gasteiger partial charge in [0.2, 0.25) is 0 Å². The molecular weight excluding hydrogens is 741 g/mol. The van der Waals surface area contributed by atoms with Gasteiger partial charge in [0.25, 0.3) is 0 Å². The molecule has 0 radical (unpaired) electrons. The Hall–Kier alpha value is -3.03. The molecule has 4 N–H and O–H groups in total. The number of fused-ring (bicyclic) bond motifs is 7. The molecule has 1 spiro atoms. The number of likely N-dealkylation sites (N-methyl/N-ethyl adjacent to an activating group) is 1. The Bertz CT molecular complexity index is 2010. The van der Waals surface area contributed by atoms with Crippen LogP contribution >= 0.6 is 0 Å². The molecule has 5 aliphatic carbocycles. The van der Waals surface area contributed by atoms with Crippen LogP contribution in [0.15, 0.2) is 35.9 Å². The van der Waals surface area contributed by atoms with E-state index in [9.17, 15) is 34.8 Å². The van der Waals surface area contributed by atoms with Crippen molar-refractivity contribution < 1.29 is 53.5 Å². The summed E-state index contributed by atoms with van der Waals surface area (Å²) in [7, 11) is 3.48. The van der Waals surface area contributed by atoms with E-state index in [4.69, 9.17) is 14.2 Å². The van der Waals surface area contributed by atoms with E-state index in [-0.39, 0.29) is 96.5 Å². The van der Waals surface area contributed by atoms with Gasteiger partial charge in [-0.25, -0.2) is 9.59 Å². The number of carbonyl (C=O) groups excluding carboxylic acids is 3. The summed E-state index contributed by atoms with van der Waals surface area (Å²) in [6.45, 7) is 4.49. The number of quaternary nitrogens is 1. The molecule has 0 unspecified atom stereocenters. The zero-order valence-electron chi connectivity index (χ0n) is 34.3. The third-order valence-electron chi connectivity index (χ3n) is 19.9. The number of benzene rings is 1. The van der Waals surface area contributed by atoms with Gasteiger partial charge in [-0.1, -0.05) is 32.0 Å². The number of aliphatic hydroxyl groups is 4. The fraction of sp³-hybridized carbons (Fsp3) is 0.761. The molecule has 11 aliphatic rings. The minimum atomic E-state index is -1.50. The highest BCUT2D eigenvalue weighted by atomic mass is 16.6. The molecule has 5 saturated carbocycles. The summed E-state index contributed by atoms with van der Waals surface area (Å²) in [5.41, 5.74) is -1.55. The van der Waals surface area contributed by atoms with Gasteiger partial charge in [0.15, 0.2) is 12.8 Å². The minimum absolute atomic E-state index is 0.00132. The van der Waals surface area contributed by atoms with E-state index in [0.29, 0.717) is 38.5 Å². The van der Waals surface area contributed by atoms with Crippen LogP contribution in [0.2, 0.25) is 0 Å². The van der Waals surface area contributed by atoms with Gasteiger partial charge >= 0.3 is 17.9 Å². The van der Waals surface area contributed by atoms with Crippen molar-refractivity contribution in [1.82, 2.24) is 0 Å². The summed E-state index contributed by atoms with van der Waals surface area (Å²) in [5.74, 6) is -1.64. The number of anilines is 1. The first kappa shape index (κ1) is 37.9. The average Bonchev–Trinajstić information content (AvgIpc) is 3.89. The lowest BCUT2D eigenvalue weighted by molar-refractivity contribution is -1.03. The molecule has 1 aromatic rings. The Labute approximate surface area is 340 Å². The number of aliphatic hydroxyl groups excluding tert-OH is 2. The van der Waals surface area contributed by atoms with Gasteiger partial charge in [0, 0.05) is 55.3 Å². The number of esters is 3. The first-order valence-corrected chi connectivity index (χ1v) is 22.3. The lowest BCUT2D eigenvalue weighted by Crippen LogP contribution is -2.83. The molecule has 12 heteroatoms. The Morgan fingerprint density at radius 1 is 1.00 bits per heavy atom. The molecule has 9 fully saturated rings. The molecule has 6 heterocycles. The molecule has 5 bridgehead atoms. The van der Waals surface area contributed by atoms with Crippen LogP contribution in [0.5, 0.6) is 0 Å². The lowest BCUT2D eigenvalue weighted by Gasteiger charge is -2.67. The van der Waals surface area contributed by atoms with Crippen molar-refractivity contribution in [2.45, 2.75) is 144 Å². The van der Waals surface area contributed by atoms with E-state index in [1.807, 2.05) is 6.07 Å². The second-order valence-corrected chi connectivity index (χ2v) is 20.9. The molecule has 18 atom stereocenters. The van der Waals surface area contributed by atoms with Crippen LogP contribution in [-0.2, 0) is 34.0 Å². The monoisotopic (exact) mass is 801 g/mol. The Morgan fingerprint density at radius 3 is 2.52 bits per heavy atom. The fourth-order valence-corrected chi connectivity index (χ4v) is 17.9. The summed E-state index contributed by atoms with van der Waals surface area (Å²) in [6, 6.07) is 8.21. The maximum absolute atomic E-state index is 14.6. The number of piperidine rings is 4. The summed E-state index contributed by atoms with van der Waals surface area (Å²) >= 11 is 0. The summed E-state index contributed by atoms with van der Waals surface area (Å²) in [6.07, 6.45) is 6.02. The van der Waals surface area contributed by atoms with E-state index in [0.717, 1.165) is 30.5 Å². The van der Waals surface area contributed by atoms with E-state index < -0.39 is 57.8 Å². The highest BCUT2D eigenvalue weighted by Crippen LogP contribution is 2.73. The van der Waals surface area contributed by atoms with Gasteiger partial charge in [0.1, 0.15) is 18.8 Å². The second kappa shape index (κ2) is 12.1. The van der Waals surface area contributed by atoms with Gasteiger partial charge in [0.05, 0.1) is 47.3 Å². The van der Waals surface area contributed by atoms with Crippen LogP contribution in [0.1, 0.15) is 96.5 Å². The SMILES string of the molecule is CC[C@H]1[C@@H]2C[C@H]3[C@@H]4N(C)c5ccccc5[C@@]45C[C@@H]([C@@H]2[C@@H]5O)[N@@+]3(CC(=O)O[C@H]2CC[C@]3(C(=O)OC)[C@H]4CC[C@]5(C)[C@@H](C6=CC(=O)OC6)CC[C@]5(O)[C@@H]4CC[C@]3(O)C2)[C@@H]1O. The summed E-state index contributed by atoms with van der Waals surface area (Å²) < 4.78 is 17.5. The standard InChI is InChI=1S/C46H61N2O10/c1-5-26-27-19-33-38-44(31-8-6-7-9-32(31)47(38)3)21-34(37(27)39(44)51)48(33,40(26)52)22-36(50)58-25-10-16-45(41(53)56-4)29-11-14-42(2)28(24-18-35(49)57-23-24)13-17-46(42,55)30(29)12-15-43(45,54)20-25/h6-9,18,25-30,33-34,37-40,51-52,54-55H,5,10-17,19-23H2,1-4H3/q+1/t25-,26-,27-,28+,29-,30+,33-,34-,37+,38-,39-,40+,42+,43-,44-,45+,46-,48-/m0/s1. The molecule has 4 saturated heterocycles. The first-order chi connectivity index (χ1) is 27.7. The van der Waals surface area contributed by atoms with Crippen molar-refractivity contribution in [2.24, 2.45) is 46.3 Å². The zero-order chi connectivity index (χ0) is 40.5. The zero-order valence-corrected chi connectivity index (χ0v) is 34.3. The van der Waals surface area contributed by atoms with Gasteiger partial charge in [-0.2, -0.15) is 0 Å². The van der Waals surface area contributed by atoms with Crippen molar-refractivity contribution >= 4 is 23.6 Å². The number of nitrogens with zero attached hydrogens (tertiary/aromatic N) is 2. The topological polar surface area (TPSA) is 163 Å². The number of para-hydroxylation sites is 1. The number of methoxy groups -OCH3 is 1. The van der Waals surface area contributed by atoms with Gasteiger partial charge in [-0.05, 0) is 98.7 Å². The molecule has 12 nitrogen and oxygen atoms in total. The highest BCUT2D eigenvalue weighted by Gasteiger charge is 2.83. The molecular formula is C46H61N2O10+. The maximum atomic E-state index is 14.6. The molecule has 1 aromatic carbocycles. The van der Waals surface area contributed by atoms with E-state index in [1.54, 1.807) is 6.08 Å². The molecule has 6 aliphatic heterocycles. The van der Waals surface area contributed by atoms with Gasteiger partial charge < -0.3 is 39.5 Å². The van der Waals surface area contributed by atoms with Crippen LogP contribution in [0.3, 0.4) is 0 Å². The third-order valence-corrected chi connectivity index (χ3v) is 19.9. The third kappa shape index (κ3) is 4.14. The normalized spacial score (nSPS) is 52.6. The molecule has 314 valence electrons. The van der Waals surface area contributed by atoms with Crippen molar-refractivity contribution in [3.05, 3.63) is 41.5 Å². The lowest BCUT2D eigenvalue weighted by atomic mass is 9.41. The van der Waals surface area contributed by atoms with E-state index in [1.165, 1.54) is 12.7 Å². The number of cyclic esters (lactones) is 1. The smallest absolute Gasteiger partial charge is 0.362 e. The summed E-state index contributed by atoms with van der Waals surface area (Å²) in [5, 5.41) is 50.6. The molecule has 12 rings (SSSR count). The number of hydrogen-bond acceptors (Lipinski definition) is 11. The highest BCUT2D eigenvalue weighted by molar-refractivity contribution is 5.85. The van der Waals surface area contributed by atoms with Crippen molar-refractivity contribution in [1.29, 1.82) is 0 Å². The second-order valence-electron chi connectivity index (χ2n) is 20.9. The maximum Gasteiger partial charge on any atom is 0.362 e. The van der Waals surface area contributed by atoms with Gasteiger partial charge in [-0.3, -0.25) is 9.28 Å². The Balaban J connectivity index is 0.871. The van der Waals surface area contributed by atoms with Crippen LogP contribution < -0.4 is 4.90 Å². The van der Waals surface area contributed by atoms with E-state index in [2.05, 4.69) is 44.0 Å². The number of ether oxygens (including phenoxy) is 3. The van der Waals surface area contributed by atoms with E-state index >= 15 is 0 Å². The molecule has 0 aromatic heterocycles.